The van der Waals surface area contributed by atoms with Crippen molar-refractivity contribution in [1.29, 1.82) is 0 Å². The van der Waals surface area contributed by atoms with E-state index in [1.54, 1.807) is 30.5 Å². The molecule has 8 heteroatoms. The van der Waals surface area contributed by atoms with E-state index in [2.05, 4.69) is 32.4 Å². The van der Waals surface area contributed by atoms with Crippen molar-refractivity contribution in [2.24, 2.45) is 0 Å². The van der Waals surface area contributed by atoms with Gasteiger partial charge in [-0.2, -0.15) is 9.78 Å². The molecule has 1 N–H and O–H groups in total. The molecule has 3 aromatic rings. The zero-order valence-electron chi connectivity index (χ0n) is 16.5. The van der Waals surface area contributed by atoms with Crippen LogP contribution in [0.1, 0.15) is 31.2 Å². The van der Waals surface area contributed by atoms with Gasteiger partial charge in [0.1, 0.15) is 10.8 Å². The van der Waals surface area contributed by atoms with Crippen molar-refractivity contribution < 1.29 is 0 Å². The van der Waals surface area contributed by atoms with E-state index in [1.807, 2.05) is 6.20 Å². The highest BCUT2D eigenvalue weighted by molar-refractivity contribution is 6.33. The molecule has 4 rings (SSSR count). The smallest absolute Gasteiger partial charge is 0.292 e. The van der Waals surface area contributed by atoms with E-state index in [4.69, 9.17) is 23.2 Å². The minimum atomic E-state index is -0.390. The van der Waals surface area contributed by atoms with Gasteiger partial charge in [0.25, 0.3) is 5.56 Å². The first-order chi connectivity index (χ1) is 14.6. The molecule has 3 heterocycles. The van der Waals surface area contributed by atoms with Crippen molar-refractivity contribution in [2.75, 3.05) is 23.3 Å². The van der Waals surface area contributed by atoms with E-state index in [0.717, 1.165) is 24.5 Å². The number of hydrogen-bond acceptors (Lipinski definition) is 5. The molecule has 30 heavy (non-hydrogen) atoms. The highest BCUT2D eigenvalue weighted by atomic mass is 35.5. The van der Waals surface area contributed by atoms with Crippen LogP contribution in [0.3, 0.4) is 0 Å². The number of halogens is 2. The lowest BCUT2D eigenvalue weighted by Crippen LogP contribution is -2.24. The number of pyridine rings is 1. The second-order valence-electron chi connectivity index (χ2n) is 7.35. The maximum absolute atomic E-state index is 12.6. The Kier molecular flexibility index (Phi) is 6.55. The first-order valence-corrected chi connectivity index (χ1v) is 10.8. The van der Waals surface area contributed by atoms with Crippen molar-refractivity contribution in [2.45, 2.75) is 32.2 Å². The molecular formula is C22H23Cl2N5O. The third-order valence-corrected chi connectivity index (χ3v) is 5.83. The fraction of sp³-hybridized carbons (Fsp3) is 0.318. The van der Waals surface area contributed by atoms with Crippen LogP contribution in [-0.2, 0) is 6.54 Å². The Balaban J connectivity index is 1.44. The lowest BCUT2D eigenvalue weighted by atomic mass is 10.2. The topological polar surface area (TPSA) is 63.1 Å². The van der Waals surface area contributed by atoms with Crippen molar-refractivity contribution in [3.8, 4) is 5.69 Å². The van der Waals surface area contributed by atoms with Crippen molar-refractivity contribution >= 4 is 34.7 Å². The predicted octanol–water partition coefficient (Wildman–Crippen LogP) is 4.93. The number of aromatic nitrogens is 3. The first-order valence-electron chi connectivity index (χ1n) is 10.1. The Bertz CT molecular complexity index is 1040. The Morgan fingerprint density at radius 1 is 0.933 bits per heavy atom. The zero-order chi connectivity index (χ0) is 20.9. The number of nitrogens with one attached hydrogen (secondary N) is 1. The van der Waals surface area contributed by atoms with E-state index in [0.29, 0.717) is 22.9 Å². The fourth-order valence-corrected chi connectivity index (χ4v) is 3.85. The summed E-state index contributed by atoms with van der Waals surface area (Å²) in [6.07, 6.45) is 8.45. The van der Waals surface area contributed by atoms with Gasteiger partial charge >= 0.3 is 0 Å². The van der Waals surface area contributed by atoms with E-state index in [9.17, 15) is 4.79 Å². The van der Waals surface area contributed by atoms with Gasteiger partial charge in [0.2, 0.25) is 0 Å². The van der Waals surface area contributed by atoms with Crippen molar-refractivity contribution in [3.05, 3.63) is 74.8 Å². The number of nitrogens with zero attached hydrogens (tertiary/aromatic N) is 4. The van der Waals surface area contributed by atoms with Crippen LogP contribution in [0.25, 0.3) is 5.69 Å². The van der Waals surface area contributed by atoms with Gasteiger partial charge in [-0.05, 0) is 48.7 Å². The quantitative estimate of drug-likeness (QED) is 0.605. The molecule has 156 valence electrons. The van der Waals surface area contributed by atoms with Crippen LogP contribution >= 0.6 is 23.2 Å². The SMILES string of the molecule is O=c1c(Cl)c(NCc2ccc(N3CCCCCC3)nc2)cnn1-c1ccc(Cl)cc1. The van der Waals surface area contributed by atoms with Crippen LogP contribution in [0, 0.1) is 0 Å². The van der Waals surface area contributed by atoms with Gasteiger partial charge in [0.05, 0.1) is 17.6 Å². The molecule has 1 aliphatic heterocycles. The van der Waals surface area contributed by atoms with E-state index < -0.39 is 5.56 Å². The molecule has 0 amide bonds. The van der Waals surface area contributed by atoms with Gasteiger partial charge in [-0.25, -0.2) is 4.98 Å². The largest absolute Gasteiger partial charge is 0.378 e. The van der Waals surface area contributed by atoms with E-state index in [1.165, 1.54) is 30.4 Å². The molecule has 1 fully saturated rings. The summed E-state index contributed by atoms with van der Waals surface area (Å²) in [6, 6.07) is 11.0. The second-order valence-corrected chi connectivity index (χ2v) is 8.16. The molecular weight excluding hydrogens is 421 g/mol. The standard InChI is InChI=1S/C22H23Cl2N5O/c23-17-6-8-18(9-7-17)29-22(30)21(24)19(15-27-29)25-13-16-5-10-20(26-14-16)28-11-3-1-2-4-12-28/h5-10,14-15,25H,1-4,11-13H2. The minimum Gasteiger partial charge on any atom is -0.378 e. The summed E-state index contributed by atoms with van der Waals surface area (Å²) in [5, 5.41) is 8.09. The van der Waals surface area contributed by atoms with Gasteiger partial charge in [-0.15, -0.1) is 0 Å². The predicted molar refractivity (Wildman–Crippen MR) is 122 cm³/mol. The van der Waals surface area contributed by atoms with Gasteiger partial charge in [-0.3, -0.25) is 4.79 Å². The van der Waals surface area contributed by atoms with Crippen LogP contribution in [0.4, 0.5) is 11.5 Å². The third kappa shape index (κ3) is 4.77. The van der Waals surface area contributed by atoms with Gasteiger partial charge < -0.3 is 10.2 Å². The van der Waals surface area contributed by atoms with Crippen LogP contribution in [0.2, 0.25) is 10.0 Å². The number of rotatable bonds is 5. The molecule has 0 atom stereocenters. The molecule has 1 saturated heterocycles. The molecule has 0 radical (unpaired) electrons. The molecule has 6 nitrogen and oxygen atoms in total. The molecule has 0 saturated carbocycles. The van der Waals surface area contributed by atoms with Crippen LogP contribution < -0.4 is 15.8 Å². The molecule has 1 aliphatic rings. The van der Waals surface area contributed by atoms with Gasteiger partial charge in [0.15, 0.2) is 0 Å². The van der Waals surface area contributed by atoms with Crippen LogP contribution in [-0.4, -0.2) is 27.9 Å². The van der Waals surface area contributed by atoms with E-state index >= 15 is 0 Å². The first kappa shape index (κ1) is 20.7. The summed E-state index contributed by atoms with van der Waals surface area (Å²) in [7, 11) is 0. The summed E-state index contributed by atoms with van der Waals surface area (Å²) in [5.41, 5.74) is 1.71. The lowest BCUT2D eigenvalue weighted by Gasteiger charge is -2.21. The average molecular weight is 444 g/mol. The summed E-state index contributed by atoms with van der Waals surface area (Å²) in [4.78, 5) is 19.6. The second kappa shape index (κ2) is 9.49. The molecule has 0 unspecified atom stereocenters. The molecule has 2 aromatic heterocycles. The lowest BCUT2D eigenvalue weighted by molar-refractivity contribution is 0.726. The Labute approximate surface area is 185 Å². The highest BCUT2D eigenvalue weighted by Gasteiger charge is 2.12. The molecule has 1 aromatic carbocycles. The average Bonchev–Trinajstić information content (AvgIpc) is 3.06. The monoisotopic (exact) mass is 443 g/mol. The third-order valence-electron chi connectivity index (χ3n) is 5.21. The molecule has 0 bridgehead atoms. The maximum Gasteiger partial charge on any atom is 0.292 e. The Morgan fingerprint density at radius 3 is 2.33 bits per heavy atom. The zero-order valence-corrected chi connectivity index (χ0v) is 18.0. The van der Waals surface area contributed by atoms with Crippen LogP contribution in [0.5, 0.6) is 0 Å². The summed E-state index contributed by atoms with van der Waals surface area (Å²) < 4.78 is 1.25. The summed E-state index contributed by atoms with van der Waals surface area (Å²) in [5.74, 6) is 1.02. The highest BCUT2D eigenvalue weighted by Crippen LogP contribution is 2.20. The number of anilines is 2. The van der Waals surface area contributed by atoms with Gasteiger partial charge in [-0.1, -0.05) is 42.1 Å². The minimum absolute atomic E-state index is 0.0918. The van der Waals surface area contributed by atoms with Crippen molar-refractivity contribution in [3.63, 3.8) is 0 Å². The fourth-order valence-electron chi connectivity index (χ4n) is 3.53. The normalized spacial score (nSPS) is 14.4. The van der Waals surface area contributed by atoms with Crippen LogP contribution in [0.15, 0.2) is 53.6 Å². The molecule has 0 spiro atoms. The van der Waals surface area contributed by atoms with Gasteiger partial charge in [0, 0.05) is 30.9 Å². The maximum atomic E-state index is 12.6. The Hall–Kier alpha value is -2.57. The summed E-state index contributed by atoms with van der Waals surface area (Å²) in [6.45, 7) is 2.63. The van der Waals surface area contributed by atoms with Crippen molar-refractivity contribution in [1.82, 2.24) is 14.8 Å². The number of benzene rings is 1. The Morgan fingerprint density at radius 2 is 1.67 bits per heavy atom. The van der Waals surface area contributed by atoms with E-state index in [-0.39, 0.29) is 5.02 Å². The number of hydrogen-bond donors (Lipinski definition) is 1. The summed E-state index contributed by atoms with van der Waals surface area (Å²) >= 11 is 12.2. The molecule has 0 aliphatic carbocycles.